The highest BCUT2D eigenvalue weighted by atomic mass is 15.0. The van der Waals surface area contributed by atoms with Crippen molar-refractivity contribution < 1.29 is 0 Å². The topological polar surface area (TPSA) is 17.0 Å². The highest BCUT2D eigenvalue weighted by Gasteiger charge is 2.23. The van der Waals surface area contributed by atoms with Crippen molar-refractivity contribution in [3.8, 4) is 0 Å². The number of aryl methyl sites for hydroxylation is 2. The van der Waals surface area contributed by atoms with Crippen LogP contribution in [-0.2, 0) is 7.05 Å². The maximum atomic E-state index is 3.46. The van der Waals surface area contributed by atoms with E-state index in [1.165, 1.54) is 28.6 Å². The van der Waals surface area contributed by atoms with Crippen molar-refractivity contribution in [3.63, 3.8) is 0 Å². The molecule has 3 rings (SSSR count). The molecular formula is C14H18N2. The van der Waals surface area contributed by atoms with Crippen LogP contribution in [0.15, 0.2) is 24.3 Å². The number of nitrogens with zero attached hydrogens (tertiary/aromatic N) is 1. The summed E-state index contributed by atoms with van der Waals surface area (Å²) in [5.41, 5.74) is 4.35. The van der Waals surface area contributed by atoms with Crippen LogP contribution < -0.4 is 5.32 Å². The molecule has 0 radical (unpaired) electrons. The lowest BCUT2D eigenvalue weighted by atomic mass is 10.0. The minimum Gasteiger partial charge on any atom is -0.347 e. The fourth-order valence-corrected chi connectivity index (χ4v) is 3.07. The van der Waals surface area contributed by atoms with Crippen molar-refractivity contribution in [3.05, 3.63) is 35.5 Å². The molecule has 0 bridgehead atoms. The van der Waals surface area contributed by atoms with Gasteiger partial charge in [-0.15, -0.1) is 0 Å². The lowest BCUT2D eigenvalue weighted by Gasteiger charge is -2.12. The summed E-state index contributed by atoms with van der Waals surface area (Å²) in [6.07, 6.45) is 1.27. The molecule has 1 fully saturated rings. The van der Waals surface area contributed by atoms with Crippen molar-refractivity contribution in [1.29, 1.82) is 0 Å². The van der Waals surface area contributed by atoms with E-state index < -0.39 is 0 Å². The van der Waals surface area contributed by atoms with Gasteiger partial charge in [0.05, 0.1) is 0 Å². The number of hydrogen-bond donors (Lipinski definition) is 1. The average molecular weight is 214 g/mol. The molecule has 2 nitrogen and oxygen atoms in total. The van der Waals surface area contributed by atoms with Crippen LogP contribution in [0.5, 0.6) is 0 Å². The number of nitrogens with one attached hydrogen (secondary N) is 1. The van der Waals surface area contributed by atoms with E-state index in [1.54, 1.807) is 0 Å². The third-order valence-corrected chi connectivity index (χ3v) is 3.86. The van der Waals surface area contributed by atoms with E-state index in [1.807, 2.05) is 0 Å². The number of fused-ring (bicyclic) bond motifs is 1. The van der Waals surface area contributed by atoms with Crippen LogP contribution in [0.25, 0.3) is 10.9 Å². The van der Waals surface area contributed by atoms with Crippen molar-refractivity contribution in [2.24, 2.45) is 7.05 Å². The Morgan fingerprint density at radius 1 is 1.31 bits per heavy atom. The summed E-state index contributed by atoms with van der Waals surface area (Å²) in [6.45, 7) is 4.55. The van der Waals surface area contributed by atoms with Crippen molar-refractivity contribution >= 4 is 10.9 Å². The van der Waals surface area contributed by atoms with Crippen LogP contribution in [-0.4, -0.2) is 17.7 Å². The Kier molecular flexibility index (Phi) is 2.25. The Balaban J connectivity index is 2.23. The first-order valence-electron chi connectivity index (χ1n) is 6.03. The molecule has 16 heavy (non-hydrogen) atoms. The summed E-state index contributed by atoms with van der Waals surface area (Å²) in [6, 6.07) is 8.70. The molecule has 0 amide bonds. The van der Waals surface area contributed by atoms with E-state index in [9.17, 15) is 0 Å². The van der Waals surface area contributed by atoms with E-state index in [0.29, 0.717) is 5.92 Å². The minimum atomic E-state index is 0.692. The first-order valence-corrected chi connectivity index (χ1v) is 6.03. The zero-order valence-corrected chi connectivity index (χ0v) is 9.96. The molecule has 1 aliphatic rings. The molecule has 1 atom stereocenters. The zero-order chi connectivity index (χ0) is 11.1. The van der Waals surface area contributed by atoms with E-state index in [4.69, 9.17) is 0 Å². The van der Waals surface area contributed by atoms with Gasteiger partial charge in [0.2, 0.25) is 0 Å². The molecule has 1 unspecified atom stereocenters. The van der Waals surface area contributed by atoms with Gasteiger partial charge in [-0.1, -0.05) is 18.2 Å². The summed E-state index contributed by atoms with van der Waals surface area (Å²) in [5, 5.41) is 4.87. The van der Waals surface area contributed by atoms with Gasteiger partial charge in [-0.3, -0.25) is 0 Å². The summed E-state index contributed by atoms with van der Waals surface area (Å²) < 4.78 is 2.38. The predicted molar refractivity (Wildman–Crippen MR) is 67.9 cm³/mol. The Labute approximate surface area is 96.3 Å². The quantitative estimate of drug-likeness (QED) is 0.772. The number of benzene rings is 1. The van der Waals surface area contributed by atoms with Crippen LogP contribution in [0, 0.1) is 6.92 Å². The van der Waals surface area contributed by atoms with Gasteiger partial charge in [-0.2, -0.15) is 0 Å². The summed E-state index contributed by atoms with van der Waals surface area (Å²) in [7, 11) is 2.20. The molecule has 1 aromatic carbocycles. The monoisotopic (exact) mass is 214 g/mol. The van der Waals surface area contributed by atoms with Gasteiger partial charge in [0.15, 0.2) is 0 Å². The molecule has 0 spiro atoms. The number of para-hydroxylation sites is 1. The van der Waals surface area contributed by atoms with Gasteiger partial charge in [-0.05, 0) is 31.5 Å². The molecule has 2 heterocycles. The second-order valence-corrected chi connectivity index (χ2v) is 4.78. The van der Waals surface area contributed by atoms with Crippen molar-refractivity contribution in [1.82, 2.24) is 9.88 Å². The summed E-state index contributed by atoms with van der Waals surface area (Å²) >= 11 is 0. The molecular weight excluding hydrogens is 196 g/mol. The highest BCUT2D eigenvalue weighted by Crippen LogP contribution is 2.32. The van der Waals surface area contributed by atoms with Crippen molar-refractivity contribution in [2.75, 3.05) is 13.1 Å². The lowest BCUT2D eigenvalue weighted by Crippen LogP contribution is -2.11. The largest absolute Gasteiger partial charge is 0.347 e. The van der Waals surface area contributed by atoms with Crippen LogP contribution in [0.2, 0.25) is 0 Å². The molecule has 2 aromatic rings. The van der Waals surface area contributed by atoms with Crippen molar-refractivity contribution in [2.45, 2.75) is 19.3 Å². The molecule has 2 heteroatoms. The first kappa shape index (κ1) is 9.91. The molecule has 1 N–H and O–H groups in total. The van der Waals surface area contributed by atoms with Gasteiger partial charge >= 0.3 is 0 Å². The third kappa shape index (κ3) is 1.30. The fraction of sp³-hybridized carbons (Fsp3) is 0.429. The summed E-state index contributed by atoms with van der Waals surface area (Å²) in [4.78, 5) is 0. The Hall–Kier alpha value is -1.28. The predicted octanol–water partition coefficient (Wildman–Crippen LogP) is 2.56. The lowest BCUT2D eigenvalue weighted by molar-refractivity contribution is 0.688. The van der Waals surface area contributed by atoms with Crippen LogP contribution in [0.3, 0.4) is 0 Å². The highest BCUT2D eigenvalue weighted by molar-refractivity contribution is 5.85. The molecule has 1 aliphatic heterocycles. The van der Waals surface area contributed by atoms with E-state index in [0.717, 1.165) is 13.1 Å². The maximum absolute atomic E-state index is 3.46. The standard InChI is InChI=1S/C14H18N2/c1-10-12-5-3-4-6-13(12)16(2)14(10)11-7-8-15-9-11/h3-6,11,15H,7-9H2,1-2H3. The molecule has 0 aliphatic carbocycles. The normalized spacial score (nSPS) is 20.8. The second kappa shape index (κ2) is 3.63. The van der Waals surface area contributed by atoms with Crippen LogP contribution in [0.1, 0.15) is 23.6 Å². The van der Waals surface area contributed by atoms with Gasteiger partial charge in [0.25, 0.3) is 0 Å². The van der Waals surface area contributed by atoms with Gasteiger partial charge < -0.3 is 9.88 Å². The van der Waals surface area contributed by atoms with Crippen LogP contribution in [0.4, 0.5) is 0 Å². The van der Waals surface area contributed by atoms with Gasteiger partial charge in [0.1, 0.15) is 0 Å². The third-order valence-electron chi connectivity index (χ3n) is 3.86. The minimum absolute atomic E-state index is 0.692. The smallest absolute Gasteiger partial charge is 0.0482 e. The number of aromatic nitrogens is 1. The molecule has 0 saturated carbocycles. The zero-order valence-electron chi connectivity index (χ0n) is 9.96. The maximum Gasteiger partial charge on any atom is 0.0482 e. The second-order valence-electron chi connectivity index (χ2n) is 4.78. The van der Waals surface area contributed by atoms with Crippen LogP contribution >= 0.6 is 0 Å². The molecule has 1 saturated heterocycles. The van der Waals surface area contributed by atoms with E-state index in [2.05, 4.69) is 48.1 Å². The Morgan fingerprint density at radius 3 is 2.81 bits per heavy atom. The average Bonchev–Trinajstić information content (AvgIpc) is 2.89. The number of hydrogen-bond acceptors (Lipinski definition) is 1. The Morgan fingerprint density at radius 2 is 2.12 bits per heavy atom. The SMILES string of the molecule is Cc1c(C2CCNC2)n(C)c2ccccc12. The molecule has 84 valence electrons. The van der Waals surface area contributed by atoms with Gasteiger partial charge in [-0.25, -0.2) is 0 Å². The fourth-order valence-electron chi connectivity index (χ4n) is 3.07. The van der Waals surface area contributed by atoms with Gasteiger partial charge in [0, 0.05) is 36.1 Å². The molecule has 1 aromatic heterocycles. The van der Waals surface area contributed by atoms with E-state index >= 15 is 0 Å². The summed E-state index contributed by atoms with van der Waals surface area (Å²) in [5.74, 6) is 0.692. The first-order chi connectivity index (χ1) is 7.79. The van der Waals surface area contributed by atoms with E-state index in [-0.39, 0.29) is 0 Å². The number of rotatable bonds is 1. The Bertz CT molecular complexity index is 480.